The van der Waals surface area contributed by atoms with Gasteiger partial charge in [-0.05, 0) is 66.6 Å². The molecule has 5 aromatic carbocycles. The molecule has 5 heteroatoms. The van der Waals surface area contributed by atoms with Crippen molar-refractivity contribution < 1.29 is 0 Å². The lowest BCUT2D eigenvalue weighted by atomic mass is 9.94. The molecule has 0 amide bonds. The topological polar surface area (TPSA) is 63.9 Å². The second-order valence-corrected chi connectivity index (χ2v) is 12.9. The number of aliphatic imine (C=N–C) groups is 1. The molecular weight excluding hydrogens is 647 g/mol. The third kappa shape index (κ3) is 6.80. The summed E-state index contributed by atoms with van der Waals surface area (Å²) in [5, 5.41) is 2.17. The largest absolute Gasteiger partial charge is 0.272 e. The number of benzene rings is 5. The van der Waals surface area contributed by atoms with E-state index < -0.39 is 0 Å². The quantitative estimate of drug-likeness (QED) is 0.0863. The number of hydrogen-bond acceptors (Lipinski definition) is 5. The van der Waals surface area contributed by atoms with E-state index in [9.17, 15) is 0 Å². The molecule has 0 unspecified atom stereocenters. The highest BCUT2D eigenvalue weighted by Gasteiger charge is 2.15. The first-order chi connectivity index (χ1) is 26.1. The van der Waals surface area contributed by atoms with Crippen molar-refractivity contribution >= 4 is 34.1 Å². The second kappa shape index (κ2) is 14.8. The van der Waals surface area contributed by atoms with E-state index in [1.165, 1.54) is 0 Å². The van der Waals surface area contributed by atoms with Crippen molar-refractivity contribution in [2.75, 3.05) is 0 Å². The standard InChI is InChI=1S/C48H37N5/c1-4-13-39(31-49-3)45-30-44(34-16-10-7-11-17-34)52-48(53-45)36-22-20-32(21-23-36)37-18-12-19-38(28-37)42-29-40(5-2)50-47-41(42)26-24-35-25-27-43(51-46(35)47)33-14-8-6-9-15-33/h4,6-31H,3,5H2,1-2H3/b13-4-,39-31+. The average Bonchev–Trinajstić information content (AvgIpc) is 3.23. The molecule has 0 atom stereocenters. The van der Waals surface area contributed by atoms with Gasteiger partial charge in [0.25, 0.3) is 0 Å². The van der Waals surface area contributed by atoms with Gasteiger partial charge in [0.1, 0.15) is 0 Å². The number of hydrogen-bond donors (Lipinski definition) is 0. The van der Waals surface area contributed by atoms with Crippen LogP contribution >= 0.6 is 0 Å². The summed E-state index contributed by atoms with van der Waals surface area (Å²) < 4.78 is 0. The van der Waals surface area contributed by atoms with Crippen molar-refractivity contribution in [3.8, 4) is 56.2 Å². The first-order valence-electron chi connectivity index (χ1n) is 17.9. The van der Waals surface area contributed by atoms with Gasteiger partial charge >= 0.3 is 0 Å². The molecular formula is C48H37N5. The fourth-order valence-corrected chi connectivity index (χ4v) is 6.75. The number of pyridine rings is 2. The third-order valence-electron chi connectivity index (χ3n) is 9.44. The number of nitrogens with zero attached hydrogens (tertiary/aromatic N) is 5. The summed E-state index contributed by atoms with van der Waals surface area (Å²) in [4.78, 5) is 24.3. The van der Waals surface area contributed by atoms with Crippen LogP contribution in [-0.4, -0.2) is 26.7 Å². The molecule has 254 valence electrons. The molecule has 3 heterocycles. The molecule has 0 radical (unpaired) electrons. The molecule has 53 heavy (non-hydrogen) atoms. The molecule has 0 fully saturated rings. The van der Waals surface area contributed by atoms with Crippen LogP contribution in [0.1, 0.15) is 25.2 Å². The van der Waals surface area contributed by atoms with Crippen LogP contribution in [0.25, 0.3) is 83.5 Å². The number of aryl methyl sites for hydroxylation is 1. The van der Waals surface area contributed by atoms with Gasteiger partial charge in [-0.15, -0.1) is 0 Å². The van der Waals surface area contributed by atoms with Crippen LogP contribution in [0.15, 0.2) is 169 Å². The van der Waals surface area contributed by atoms with Crippen molar-refractivity contribution in [1.82, 2.24) is 19.9 Å². The predicted octanol–water partition coefficient (Wildman–Crippen LogP) is 12.1. The third-order valence-corrected chi connectivity index (χ3v) is 9.44. The maximum Gasteiger partial charge on any atom is 0.160 e. The van der Waals surface area contributed by atoms with Crippen LogP contribution < -0.4 is 0 Å². The van der Waals surface area contributed by atoms with Gasteiger partial charge < -0.3 is 0 Å². The monoisotopic (exact) mass is 683 g/mol. The van der Waals surface area contributed by atoms with E-state index in [1.807, 2.05) is 61.5 Å². The Morgan fingerprint density at radius 2 is 1.26 bits per heavy atom. The van der Waals surface area contributed by atoms with Gasteiger partial charge in [0, 0.05) is 44.9 Å². The van der Waals surface area contributed by atoms with Gasteiger partial charge in [-0.1, -0.05) is 140 Å². The molecule has 0 saturated carbocycles. The number of fused-ring (bicyclic) bond motifs is 3. The van der Waals surface area contributed by atoms with E-state index in [-0.39, 0.29) is 0 Å². The van der Waals surface area contributed by atoms with Crippen molar-refractivity contribution in [1.29, 1.82) is 0 Å². The summed E-state index contributed by atoms with van der Waals surface area (Å²) >= 11 is 0. The highest BCUT2D eigenvalue weighted by molar-refractivity contribution is 6.09. The zero-order valence-electron chi connectivity index (χ0n) is 29.7. The normalized spacial score (nSPS) is 11.8. The van der Waals surface area contributed by atoms with E-state index >= 15 is 0 Å². The SMILES string of the molecule is C=N/C=C(\C=C/C)c1cc(-c2ccccc2)nc(-c2ccc(-c3cccc(-c4cc(CC)nc5c4ccc4ccc(-c6ccccc6)nc45)c3)cc2)n1. The molecule has 0 spiro atoms. The van der Waals surface area contributed by atoms with Gasteiger partial charge in [0.15, 0.2) is 5.82 Å². The molecule has 5 nitrogen and oxygen atoms in total. The summed E-state index contributed by atoms with van der Waals surface area (Å²) in [6.45, 7) is 7.80. The second-order valence-electron chi connectivity index (χ2n) is 12.9. The highest BCUT2D eigenvalue weighted by Crippen LogP contribution is 2.36. The van der Waals surface area contributed by atoms with Gasteiger partial charge in [-0.3, -0.25) is 9.98 Å². The Labute approximate surface area is 309 Å². The van der Waals surface area contributed by atoms with Crippen molar-refractivity contribution in [2.45, 2.75) is 20.3 Å². The molecule has 0 aliphatic heterocycles. The van der Waals surface area contributed by atoms with Gasteiger partial charge in [-0.25, -0.2) is 15.0 Å². The Kier molecular flexibility index (Phi) is 9.29. The fraction of sp³-hybridized carbons (Fsp3) is 0.0625. The van der Waals surface area contributed by atoms with Crippen molar-refractivity contribution in [3.05, 3.63) is 175 Å². The molecule has 0 aliphatic carbocycles. The highest BCUT2D eigenvalue weighted by atomic mass is 14.9. The van der Waals surface area contributed by atoms with E-state index in [2.05, 4.69) is 122 Å². The predicted molar refractivity (Wildman–Crippen MR) is 222 cm³/mol. The fourth-order valence-electron chi connectivity index (χ4n) is 6.75. The summed E-state index contributed by atoms with van der Waals surface area (Å²) in [6.07, 6.45) is 6.52. The molecule has 8 rings (SSSR count). The molecule has 0 aliphatic rings. The molecule has 0 N–H and O–H groups in total. The van der Waals surface area contributed by atoms with E-state index in [0.717, 1.165) is 95.5 Å². The molecule has 3 aromatic heterocycles. The summed E-state index contributed by atoms with van der Waals surface area (Å²) in [5.74, 6) is 0.646. The van der Waals surface area contributed by atoms with Crippen molar-refractivity contribution in [3.63, 3.8) is 0 Å². The lowest BCUT2D eigenvalue weighted by Gasteiger charge is -2.13. The smallest absolute Gasteiger partial charge is 0.160 e. The lowest BCUT2D eigenvalue weighted by Crippen LogP contribution is -1.98. The number of rotatable bonds is 9. The van der Waals surface area contributed by atoms with E-state index in [0.29, 0.717) is 5.82 Å². The van der Waals surface area contributed by atoms with Crippen LogP contribution in [0.3, 0.4) is 0 Å². The number of aromatic nitrogens is 4. The van der Waals surface area contributed by atoms with Crippen LogP contribution in [-0.2, 0) is 6.42 Å². The maximum absolute atomic E-state index is 5.15. The molecule has 0 saturated heterocycles. The van der Waals surface area contributed by atoms with E-state index in [4.69, 9.17) is 19.9 Å². The summed E-state index contributed by atoms with van der Waals surface area (Å²) in [6, 6.07) is 50.5. The van der Waals surface area contributed by atoms with Gasteiger partial charge in [0.2, 0.25) is 0 Å². The number of allylic oxidation sites excluding steroid dienone is 3. The zero-order valence-corrected chi connectivity index (χ0v) is 29.7. The minimum atomic E-state index is 0.646. The minimum absolute atomic E-state index is 0.646. The first-order valence-corrected chi connectivity index (χ1v) is 17.9. The maximum atomic E-state index is 5.15. The summed E-state index contributed by atoms with van der Waals surface area (Å²) in [5.41, 5.74) is 13.9. The van der Waals surface area contributed by atoms with Gasteiger partial charge in [-0.2, -0.15) is 0 Å². The molecule has 0 bridgehead atoms. The van der Waals surface area contributed by atoms with Crippen LogP contribution in [0.4, 0.5) is 0 Å². The Balaban J connectivity index is 1.18. The minimum Gasteiger partial charge on any atom is -0.272 e. The van der Waals surface area contributed by atoms with Crippen LogP contribution in [0.2, 0.25) is 0 Å². The summed E-state index contributed by atoms with van der Waals surface area (Å²) in [7, 11) is 0. The van der Waals surface area contributed by atoms with E-state index in [1.54, 1.807) is 6.20 Å². The Bertz CT molecular complexity index is 2660. The first kappa shape index (κ1) is 33.3. The molecule has 8 aromatic rings. The average molecular weight is 684 g/mol. The Morgan fingerprint density at radius 1 is 0.585 bits per heavy atom. The van der Waals surface area contributed by atoms with Crippen molar-refractivity contribution in [2.24, 2.45) is 4.99 Å². The Hall–Kier alpha value is -6.85. The van der Waals surface area contributed by atoms with Gasteiger partial charge in [0.05, 0.1) is 28.1 Å². The van der Waals surface area contributed by atoms with Crippen LogP contribution in [0.5, 0.6) is 0 Å². The lowest BCUT2D eigenvalue weighted by molar-refractivity contribution is 1.06. The Morgan fingerprint density at radius 3 is 1.98 bits per heavy atom. The zero-order chi connectivity index (χ0) is 36.1. The van der Waals surface area contributed by atoms with Crippen LogP contribution in [0, 0.1) is 0 Å².